The van der Waals surface area contributed by atoms with Gasteiger partial charge in [0.2, 0.25) is 6.41 Å². The molecule has 0 radical (unpaired) electrons. The van der Waals surface area contributed by atoms with Crippen molar-refractivity contribution >= 4 is 35.8 Å². The van der Waals surface area contributed by atoms with Crippen LogP contribution >= 0.6 is 11.8 Å². The number of fused-ring (bicyclic) bond motifs is 2. The number of carbonyl (C=O) groups excluding carboxylic acids is 2. The average molecular weight is 312 g/mol. The Morgan fingerprint density at radius 2 is 1.59 bits per heavy atom. The molecule has 1 aliphatic rings. The lowest BCUT2D eigenvalue weighted by Gasteiger charge is -2.35. The van der Waals surface area contributed by atoms with E-state index in [4.69, 9.17) is 0 Å². The molecule has 1 unspecified atom stereocenters. The number of carbonyl (C=O) groups is 2. The molecule has 1 heterocycles. The molecule has 0 bridgehead atoms. The fourth-order valence-electron chi connectivity index (χ4n) is 2.51. The lowest BCUT2D eigenvalue weighted by molar-refractivity contribution is -0.123. The number of likely N-dealkylation sites (N-methyl/N-ethyl adjacent to an activating group) is 1. The van der Waals surface area contributed by atoms with Gasteiger partial charge in [-0.05, 0) is 24.3 Å². The van der Waals surface area contributed by atoms with E-state index in [0.717, 1.165) is 27.5 Å². The molecule has 0 aliphatic carbocycles. The van der Waals surface area contributed by atoms with Crippen LogP contribution in [0.4, 0.5) is 11.4 Å². The highest BCUT2D eigenvalue weighted by Crippen LogP contribution is 2.47. The molecule has 1 amide bonds. The smallest absolute Gasteiger partial charge is 0.210 e. The van der Waals surface area contributed by atoms with Gasteiger partial charge < -0.3 is 14.6 Å². The number of benzene rings is 2. The van der Waals surface area contributed by atoms with Gasteiger partial charge in [-0.2, -0.15) is 0 Å². The van der Waals surface area contributed by atoms with Crippen molar-refractivity contribution in [3.63, 3.8) is 0 Å². The zero-order valence-electron chi connectivity index (χ0n) is 12.2. The second kappa shape index (κ2) is 6.23. The molecular weight excluding hydrogens is 296 g/mol. The number of amides is 1. The number of nitrogens with zero attached hydrogens (tertiary/aromatic N) is 2. The van der Waals surface area contributed by atoms with Gasteiger partial charge in [0.15, 0.2) is 0 Å². The van der Waals surface area contributed by atoms with E-state index in [0.29, 0.717) is 13.0 Å². The first-order valence-electron chi connectivity index (χ1n) is 7.00. The molecule has 2 aromatic rings. The summed E-state index contributed by atoms with van der Waals surface area (Å²) >= 11 is 1.72. The van der Waals surface area contributed by atoms with Gasteiger partial charge in [-0.25, -0.2) is 0 Å². The standard InChI is InChI=1S/C17H16N2O2S/c1-18(12-21)13(11-20)10-19-14-6-2-4-8-16(14)22-17-9-5-3-7-15(17)19/h2-9,11-13H,10H2,1H3. The van der Waals surface area contributed by atoms with E-state index in [1.54, 1.807) is 18.8 Å². The van der Waals surface area contributed by atoms with Gasteiger partial charge in [0.1, 0.15) is 12.3 Å². The van der Waals surface area contributed by atoms with Crippen molar-refractivity contribution in [2.24, 2.45) is 0 Å². The average Bonchev–Trinajstić information content (AvgIpc) is 2.58. The molecule has 0 spiro atoms. The van der Waals surface area contributed by atoms with Gasteiger partial charge in [-0.15, -0.1) is 0 Å². The third kappa shape index (κ3) is 2.60. The van der Waals surface area contributed by atoms with E-state index in [9.17, 15) is 9.59 Å². The maximum absolute atomic E-state index is 11.4. The zero-order chi connectivity index (χ0) is 15.5. The maximum Gasteiger partial charge on any atom is 0.210 e. The van der Waals surface area contributed by atoms with Crippen LogP contribution in [0.25, 0.3) is 0 Å². The SMILES string of the molecule is CN(C=O)C(C=O)CN1c2ccccc2Sc2ccccc21. The van der Waals surface area contributed by atoms with Crippen LogP contribution < -0.4 is 4.90 Å². The maximum atomic E-state index is 11.4. The van der Waals surface area contributed by atoms with Crippen LogP contribution in [0.3, 0.4) is 0 Å². The highest BCUT2D eigenvalue weighted by atomic mass is 32.2. The van der Waals surface area contributed by atoms with Gasteiger partial charge in [0.05, 0.1) is 17.9 Å². The number of rotatable bonds is 5. The Labute approximate surface area is 133 Å². The topological polar surface area (TPSA) is 40.6 Å². The molecule has 22 heavy (non-hydrogen) atoms. The number of aldehydes is 1. The molecule has 0 N–H and O–H groups in total. The second-order valence-corrected chi connectivity index (χ2v) is 6.21. The Balaban J connectivity index is 2.02. The van der Waals surface area contributed by atoms with Crippen LogP contribution in [0.15, 0.2) is 58.3 Å². The summed E-state index contributed by atoms with van der Waals surface area (Å²) in [6.45, 7) is 0.438. The van der Waals surface area contributed by atoms with E-state index < -0.39 is 6.04 Å². The zero-order valence-corrected chi connectivity index (χ0v) is 13.0. The second-order valence-electron chi connectivity index (χ2n) is 5.12. The Kier molecular flexibility index (Phi) is 4.15. The number of anilines is 2. The monoisotopic (exact) mass is 312 g/mol. The minimum Gasteiger partial charge on any atom is -0.337 e. The highest BCUT2D eigenvalue weighted by Gasteiger charge is 2.26. The van der Waals surface area contributed by atoms with Crippen LogP contribution in [0.1, 0.15) is 0 Å². The van der Waals surface area contributed by atoms with Crippen molar-refractivity contribution < 1.29 is 9.59 Å². The predicted molar refractivity (Wildman–Crippen MR) is 87.7 cm³/mol. The molecule has 3 rings (SSSR count). The molecule has 0 saturated carbocycles. The van der Waals surface area contributed by atoms with Crippen LogP contribution in [0, 0.1) is 0 Å². The third-order valence-electron chi connectivity index (χ3n) is 3.75. The highest BCUT2D eigenvalue weighted by molar-refractivity contribution is 7.99. The van der Waals surface area contributed by atoms with Gasteiger partial charge >= 0.3 is 0 Å². The normalized spacial score (nSPS) is 13.8. The number of hydrogen-bond donors (Lipinski definition) is 0. The largest absolute Gasteiger partial charge is 0.337 e. The summed E-state index contributed by atoms with van der Waals surface area (Å²) < 4.78 is 0. The fourth-order valence-corrected chi connectivity index (χ4v) is 3.61. The summed E-state index contributed by atoms with van der Waals surface area (Å²) in [6, 6.07) is 15.7. The number of hydrogen-bond acceptors (Lipinski definition) is 4. The molecule has 0 fully saturated rings. The van der Waals surface area contributed by atoms with Crippen molar-refractivity contribution in [1.82, 2.24) is 4.90 Å². The molecule has 0 aromatic heterocycles. The van der Waals surface area contributed by atoms with E-state index in [-0.39, 0.29) is 0 Å². The molecule has 4 nitrogen and oxygen atoms in total. The summed E-state index contributed by atoms with van der Waals surface area (Å²) in [6.07, 6.45) is 1.51. The lowest BCUT2D eigenvalue weighted by atomic mass is 10.2. The summed E-state index contributed by atoms with van der Waals surface area (Å²) in [5.74, 6) is 0. The predicted octanol–water partition coefficient (Wildman–Crippen LogP) is 2.95. The van der Waals surface area contributed by atoms with Crippen molar-refractivity contribution in [3.8, 4) is 0 Å². The molecular formula is C17H16N2O2S. The fraction of sp³-hybridized carbons (Fsp3) is 0.176. The van der Waals surface area contributed by atoms with Crippen LogP contribution in [0.5, 0.6) is 0 Å². The Hall–Kier alpha value is -2.27. The number of para-hydroxylation sites is 2. The van der Waals surface area contributed by atoms with Crippen LogP contribution in [-0.4, -0.2) is 37.2 Å². The van der Waals surface area contributed by atoms with Crippen molar-refractivity contribution in [2.75, 3.05) is 18.5 Å². The van der Waals surface area contributed by atoms with Gasteiger partial charge in [0, 0.05) is 16.8 Å². The minimum absolute atomic E-state index is 0.438. The Morgan fingerprint density at radius 3 is 2.09 bits per heavy atom. The molecule has 0 saturated heterocycles. The summed E-state index contributed by atoms with van der Waals surface area (Å²) in [5, 5.41) is 0. The summed E-state index contributed by atoms with van der Waals surface area (Å²) in [4.78, 5) is 28.2. The minimum atomic E-state index is -0.485. The summed E-state index contributed by atoms with van der Waals surface area (Å²) in [5.41, 5.74) is 2.13. The first-order valence-corrected chi connectivity index (χ1v) is 7.82. The molecule has 5 heteroatoms. The van der Waals surface area contributed by atoms with E-state index in [1.165, 1.54) is 4.90 Å². The van der Waals surface area contributed by atoms with Crippen molar-refractivity contribution in [3.05, 3.63) is 48.5 Å². The molecule has 2 aromatic carbocycles. The molecule has 112 valence electrons. The third-order valence-corrected chi connectivity index (χ3v) is 4.88. The van der Waals surface area contributed by atoms with Crippen molar-refractivity contribution in [2.45, 2.75) is 15.8 Å². The van der Waals surface area contributed by atoms with Gasteiger partial charge in [0.25, 0.3) is 0 Å². The molecule has 1 atom stereocenters. The van der Waals surface area contributed by atoms with Crippen LogP contribution in [0.2, 0.25) is 0 Å². The summed E-state index contributed by atoms with van der Waals surface area (Å²) in [7, 11) is 1.63. The quantitative estimate of drug-likeness (QED) is 0.796. The Bertz CT molecular complexity index is 659. The van der Waals surface area contributed by atoms with E-state index >= 15 is 0 Å². The van der Waals surface area contributed by atoms with Crippen molar-refractivity contribution in [1.29, 1.82) is 0 Å². The van der Waals surface area contributed by atoms with Gasteiger partial charge in [-0.3, -0.25) is 4.79 Å². The Morgan fingerprint density at radius 1 is 1.05 bits per heavy atom. The molecule has 1 aliphatic heterocycles. The first-order chi connectivity index (χ1) is 10.7. The van der Waals surface area contributed by atoms with E-state index in [2.05, 4.69) is 17.0 Å². The van der Waals surface area contributed by atoms with Gasteiger partial charge in [-0.1, -0.05) is 36.0 Å². The lowest BCUT2D eigenvalue weighted by Crippen LogP contribution is -2.41. The first kappa shape index (κ1) is 14.7. The van der Waals surface area contributed by atoms with E-state index in [1.807, 2.05) is 36.4 Å². The van der Waals surface area contributed by atoms with Crippen LogP contribution in [-0.2, 0) is 9.59 Å².